The number of nitrogens with one attached hydrogen (secondary N) is 1. The van der Waals surface area contributed by atoms with Gasteiger partial charge in [-0.1, -0.05) is 56.3 Å². The van der Waals surface area contributed by atoms with Gasteiger partial charge in [0.2, 0.25) is 5.91 Å². The van der Waals surface area contributed by atoms with E-state index in [0.717, 1.165) is 5.56 Å². The molecule has 1 aromatic heterocycles. The van der Waals surface area contributed by atoms with Crippen LogP contribution in [0.15, 0.2) is 77.4 Å². The summed E-state index contributed by atoms with van der Waals surface area (Å²) in [6, 6.07) is 20.4. The fraction of sp³-hybridized carbons (Fsp3) is 0.333. The van der Waals surface area contributed by atoms with Crippen molar-refractivity contribution in [3.05, 3.63) is 84.3 Å². The first-order valence-corrected chi connectivity index (χ1v) is 11.6. The van der Waals surface area contributed by atoms with Gasteiger partial charge in [-0.15, -0.1) is 0 Å². The molecule has 0 bridgehead atoms. The number of ether oxygens (including phenoxy) is 1. The molecule has 1 N–H and O–H groups in total. The summed E-state index contributed by atoms with van der Waals surface area (Å²) in [4.78, 5) is 29.9. The smallest absolute Gasteiger partial charge is 0.322 e. The quantitative estimate of drug-likeness (QED) is 0.413. The number of benzene rings is 2. The lowest BCUT2D eigenvalue weighted by molar-refractivity contribution is -0.133. The van der Waals surface area contributed by atoms with Crippen LogP contribution < -0.4 is 10.1 Å². The number of rotatable bonds is 11. The van der Waals surface area contributed by atoms with Gasteiger partial charge in [0.1, 0.15) is 18.1 Å². The van der Waals surface area contributed by atoms with E-state index in [4.69, 9.17) is 9.15 Å². The van der Waals surface area contributed by atoms with Gasteiger partial charge in [-0.2, -0.15) is 0 Å². The highest BCUT2D eigenvalue weighted by Crippen LogP contribution is 2.24. The van der Waals surface area contributed by atoms with Gasteiger partial charge in [-0.25, -0.2) is 4.79 Å². The van der Waals surface area contributed by atoms with E-state index in [9.17, 15) is 9.59 Å². The molecule has 0 saturated carbocycles. The third kappa shape index (κ3) is 7.40. The molecule has 180 valence electrons. The first-order chi connectivity index (χ1) is 16.5. The highest BCUT2D eigenvalue weighted by molar-refractivity contribution is 5.93. The molecule has 0 saturated heterocycles. The highest BCUT2D eigenvalue weighted by atomic mass is 16.5. The lowest BCUT2D eigenvalue weighted by Crippen LogP contribution is -2.45. The van der Waals surface area contributed by atoms with Crippen molar-refractivity contribution in [1.29, 1.82) is 0 Å². The van der Waals surface area contributed by atoms with Crippen molar-refractivity contribution >= 4 is 17.6 Å². The molecule has 7 nitrogen and oxygen atoms in total. The van der Waals surface area contributed by atoms with Crippen LogP contribution in [0.25, 0.3) is 0 Å². The molecule has 0 radical (unpaired) electrons. The van der Waals surface area contributed by atoms with Gasteiger partial charge in [0.05, 0.1) is 25.1 Å². The van der Waals surface area contributed by atoms with Gasteiger partial charge in [-0.3, -0.25) is 4.79 Å². The van der Waals surface area contributed by atoms with Gasteiger partial charge in [0, 0.05) is 13.1 Å². The predicted octanol–water partition coefficient (Wildman–Crippen LogP) is 5.40. The van der Waals surface area contributed by atoms with Crippen molar-refractivity contribution in [2.24, 2.45) is 5.92 Å². The average molecular weight is 464 g/mol. The van der Waals surface area contributed by atoms with E-state index >= 15 is 0 Å². The van der Waals surface area contributed by atoms with Gasteiger partial charge in [0.25, 0.3) is 0 Å². The van der Waals surface area contributed by atoms with Crippen LogP contribution in [0.4, 0.5) is 10.5 Å². The Morgan fingerprint density at radius 3 is 2.35 bits per heavy atom. The molecule has 34 heavy (non-hydrogen) atoms. The van der Waals surface area contributed by atoms with Gasteiger partial charge in [-0.05, 0) is 42.7 Å². The molecule has 1 heterocycles. The summed E-state index contributed by atoms with van der Waals surface area (Å²) in [6.07, 6.45) is 1.59. The number of hydrogen-bond donors (Lipinski definition) is 1. The van der Waals surface area contributed by atoms with Crippen LogP contribution in [0.2, 0.25) is 0 Å². The van der Waals surface area contributed by atoms with Gasteiger partial charge in [0.15, 0.2) is 0 Å². The monoisotopic (exact) mass is 463 g/mol. The fourth-order valence-corrected chi connectivity index (χ4v) is 3.60. The zero-order valence-electron chi connectivity index (χ0n) is 20.1. The van der Waals surface area contributed by atoms with Crippen molar-refractivity contribution < 1.29 is 18.7 Å². The maximum atomic E-state index is 13.4. The third-order valence-corrected chi connectivity index (χ3v) is 5.12. The van der Waals surface area contributed by atoms with Crippen LogP contribution >= 0.6 is 0 Å². The van der Waals surface area contributed by atoms with Crippen LogP contribution in [0.5, 0.6) is 5.75 Å². The summed E-state index contributed by atoms with van der Waals surface area (Å²) in [7, 11) is 0. The average Bonchev–Trinajstić information content (AvgIpc) is 3.33. The van der Waals surface area contributed by atoms with Crippen LogP contribution in [0.1, 0.15) is 32.1 Å². The summed E-state index contributed by atoms with van der Waals surface area (Å²) in [5.41, 5.74) is 1.58. The normalized spacial score (nSPS) is 10.7. The van der Waals surface area contributed by atoms with E-state index in [1.54, 1.807) is 28.2 Å². The fourth-order valence-electron chi connectivity index (χ4n) is 3.60. The maximum absolute atomic E-state index is 13.4. The number of amides is 3. The summed E-state index contributed by atoms with van der Waals surface area (Å²) in [6.45, 7) is 7.55. The molecule has 0 unspecified atom stereocenters. The molecule has 3 aromatic rings. The standard InChI is InChI=1S/C27H33N3O4/c1-4-33-25-15-9-8-14-24(25)28-27(32)30(17-21(2)3)20-26(31)29(19-23-13-10-16-34-23)18-22-11-6-5-7-12-22/h5-16,21H,4,17-20H2,1-3H3,(H,28,32). The summed E-state index contributed by atoms with van der Waals surface area (Å²) < 4.78 is 11.1. The number of carbonyl (C=O) groups excluding carboxylic acids is 2. The minimum absolute atomic E-state index is 0.0473. The molecular formula is C27H33N3O4. The maximum Gasteiger partial charge on any atom is 0.322 e. The van der Waals surface area contributed by atoms with Crippen molar-refractivity contribution in [2.75, 3.05) is 25.0 Å². The van der Waals surface area contributed by atoms with E-state index in [0.29, 0.717) is 43.4 Å². The predicted molar refractivity (Wildman–Crippen MR) is 132 cm³/mol. The zero-order chi connectivity index (χ0) is 24.3. The molecule has 0 aliphatic heterocycles. The van der Waals surface area contributed by atoms with Gasteiger partial charge < -0.3 is 24.3 Å². The molecule has 3 rings (SSSR count). The van der Waals surface area contributed by atoms with Crippen LogP contribution in [0, 0.1) is 5.92 Å². The van der Waals surface area contributed by atoms with E-state index < -0.39 is 0 Å². The first-order valence-electron chi connectivity index (χ1n) is 11.6. The first kappa shape index (κ1) is 24.9. The number of para-hydroxylation sites is 2. The molecule has 2 aromatic carbocycles. The Balaban J connectivity index is 1.76. The second-order valence-corrected chi connectivity index (χ2v) is 8.45. The largest absolute Gasteiger partial charge is 0.492 e. The second kappa shape index (κ2) is 12.5. The van der Waals surface area contributed by atoms with Crippen molar-refractivity contribution in [2.45, 2.75) is 33.9 Å². The molecule has 3 amide bonds. The number of furan rings is 1. The number of urea groups is 1. The van der Waals surface area contributed by atoms with E-state index in [1.807, 2.05) is 75.4 Å². The molecule has 0 fully saturated rings. The Labute approximate surface area is 201 Å². The number of anilines is 1. The van der Waals surface area contributed by atoms with Crippen LogP contribution in [-0.2, 0) is 17.9 Å². The Bertz CT molecular complexity index is 1040. The zero-order valence-corrected chi connectivity index (χ0v) is 20.1. The molecule has 7 heteroatoms. The van der Waals surface area contributed by atoms with Gasteiger partial charge >= 0.3 is 6.03 Å². The Hall–Kier alpha value is -3.74. The Kier molecular flexibility index (Phi) is 9.14. The summed E-state index contributed by atoms with van der Waals surface area (Å²) in [5, 5.41) is 2.91. The summed E-state index contributed by atoms with van der Waals surface area (Å²) in [5.74, 6) is 1.31. The second-order valence-electron chi connectivity index (χ2n) is 8.45. The Morgan fingerprint density at radius 2 is 1.68 bits per heavy atom. The van der Waals surface area contributed by atoms with E-state index in [2.05, 4.69) is 5.32 Å². The van der Waals surface area contributed by atoms with Crippen LogP contribution in [0.3, 0.4) is 0 Å². The number of carbonyl (C=O) groups is 2. The van der Waals surface area contributed by atoms with Crippen molar-refractivity contribution in [3.8, 4) is 5.75 Å². The lowest BCUT2D eigenvalue weighted by Gasteiger charge is -2.28. The molecule has 0 atom stereocenters. The number of hydrogen-bond acceptors (Lipinski definition) is 4. The minimum atomic E-state index is -0.341. The molecular weight excluding hydrogens is 430 g/mol. The molecule has 0 aliphatic carbocycles. The number of nitrogens with zero attached hydrogens (tertiary/aromatic N) is 2. The summed E-state index contributed by atoms with van der Waals surface area (Å²) >= 11 is 0. The molecule has 0 aliphatic rings. The minimum Gasteiger partial charge on any atom is -0.492 e. The highest BCUT2D eigenvalue weighted by Gasteiger charge is 2.24. The Morgan fingerprint density at radius 1 is 0.941 bits per heavy atom. The lowest BCUT2D eigenvalue weighted by atomic mass is 10.2. The van der Waals surface area contributed by atoms with Crippen molar-refractivity contribution in [3.63, 3.8) is 0 Å². The SMILES string of the molecule is CCOc1ccccc1NC(=O)N(CC(=O)N(Cc1ccccc1)Cc1ccco1)CC(C)C. The van der Waals surface area contributed by atoms with E-state index in [-0.39, 0.29) is 24.4 Å². The topological polar surface area (TPSA) is 75.0 Å². The van der Waals surface area contributed by atoms with E-state index in [1.165, 1.54) is 0 Å². The van der Waals surface area contributed by atoms with Crippen molar-refractivity contribution in [1.82, 2.24) is 9.80 Å². The third-order valence-electron chi connectivity index (χ3n) is 5.12. The van der Waals surface area contributed by atoms with Crippen LogP contribution in [-0.4, -0.2) is 41.4 Å². The molecule has 0 spiro atoms.